The molecule has 3 rings (SSSR count). The van der Waals surface area contributed by atoms with Gasteiger partial charge in [-0.25, -0.2) is 4.98 Å². The highest BCUT2D eigenvalue weighted by atomic mass is 16.4. The van der Waals surface area contributed by atoms with Crippen LogP contribution < -0.4 is 10.6 Å². The highest BCUT2D eigenvalue weighted by Crippen LogP contribution is 2.22. The summed E-state index contributed by atoms with van der Waals surface area (Å²) in [7, 11) is 0. The Balaban J connectivity index is 1.48. The molecule has 1 atom stereocenters. The number of amides is 1. The van der Waals surface area contributed by atoms with E-state index in [0.29, 0.717) is 35.6 Å². The van der Waals surface area contributed by atoms with E-state index in [1.807, 2.05) is 6.92 Å². The Labute approximate surface area is 135 Å². The highest BCUT2D eigenvalue weighted by molar-refractivity contribution is 5.78. The van der Waals surface area contributed by atoms with Crippen molar-refractivity contribution in [3.05, 3.63) is 29.9 Å². The molecule has 124 valence electrons. The molecule has 0 aromatic carbocycles. The molecule has 2 N–H and O–H groups in total. The fraction of sp³-hybridized carbons (Fsp3) is 0.529. The van der Waals surface area contributed by atoms with E-state index in [1.54, 1.807) is 18.4 Å². The molecule has 1 amide bonds. The van der Waals surface area contributed by atoms with Crippen LogP contribution in [0.15, 0.2) is 27.2 Å². The molecule has 0 spiro atoms. The zero-order chi connectivity index (χ0) is 16.1. The smallest absolute Gasteiger partial charge is 0.263 e. The lowest BCUT2D eigenvalue weighted by molar-refractivity contribution is -0.120. The van der Waals surface area contributed by atoms with Gasteiger partial charge in [0.1, 0.15) is 5.76 Å². The third-order valence-electron chi connectivity index (χ3n) is 4.23. The zero-order valence-corrected chi connectivity index (χ0v) is 13.4. The van der Waals surface area contributed by atoms with Crippen LogP contribution in [0.25, 0.3) is 11.7 Å². The second kappa shape index (κ2) is 7.46. The van der Waals surface area contributed by atoms with Gasteiger partial charge in [0.05, 0.1) is 18.4 Å². The van der Waals surface area contributed by atoms with Crippen LogP contribution >= 0.6 is 0 Å². The maximum absolute atomic E-state index is 12.1. The Bertz CT molecular complexity index is 628. The van der Waals surface area contributed by atoms with Gasteiger partial charge in [-0.15, -0.1) is 0 Å². The number of aromatic nitrogens is 1. The van der Waals surface area contributed by atoms with E-state index in [2.05, 4.69) is 15.6 Å². The molecular weight excluding hydrogens is 294 g/mol. The van der Waals surface area contributed by atoms with Crippen LogP contribution in [-0.2, 0) is 11.2 Å². The molecule has 6 heteroatoms. The Kier molecular flexibility index (Phi) is 5.12. The monoisotopic (exact) mass is 317 g/mol. The predicted molar refractivity (Wildman–Crippen MR) is 85.9 cm³/mol. The van der Waals surface area contributed by atoms with Crippen molar-refractivity contribution in [1.82, 2.24) is 15.6 Å². The summed E-state index contributed by atoms with van der Waals surface area (Å²) in [5.74, 6) is 2.30. The Morgan fingerprint density at radius 1 is 1.52 bits per heavy atom. The van der Waals surface area contributed by atoms with Gasteiger partial charge in [0.15, 0.2) is 5.76 Å². The van der Waals surface area contributed by atoms with E-state index in [1.165, 1.54) is 12.8 Å². The minimum absolute atomic E-state index is 0.0174. The van der Waals surface area contributed by atoms with Crippen LogP contribution in [0.1, 0.15) is 30.7 Å². The van der Waals surface area contributed by atoms with Crippen LogP contribution in [0.2, 0.25) is 0 Å². The average Bonchev–Trinajstić information content (AvgIpc) is 3.19. The van der Waals surface area contributed by atoms with E-state index < -0.39 is 0 Å². The van der Waals surface area contributed by atoms with Crippen molar-refractivity contribution in [2.75, 3.05) is 19.6 Å². The number of nitrogens with zero attached hydrogens (tertiary/aromatic N) is 1. The second-order valence-corrected chi connectivity index (χ2v) is 6.03. The summed E-state index contributed by atoms with van der Waals surface area (Å²) in [6.07, 6.45) is 5.30. The van der Waals surface area contributed by atoms with Gasteiger partial charge in [-0.3, -0.25) is 4.79 Å². The fourth-order valence-corrected chi connectivity index (χ4v) is 2.90. The van der Waals surface area contributed by atoms with Crippen LogP contribution in [-0.4, -0.2) is 30.5 Å². The van der Waals surface area contributed by atoms with Crippen molar-refractivity contribution < 1.29 is 13.6 Å². The van der Waals surface area contributed by atoms with E-state index in [9.17, 15) is 4.79 Å². The van der Waals surface area contributed by atoms with Crippen molar-refractivity contribution in [2.24, 2.45) is 5.92 Å². The standard InChI is InChI=1S/C17H23N3O3/c1-12-14(20-17(23-12)15-5-3-9-22-15)10-16(21)19-8-6-13-4-2-7-18-11-13/h3,5,9,13,18H,2,4,6-8,10-11H2,1H3,(H,19,21). The number of aryl methyl sites for hydroxylation is 1. The SMILES string of the molecule is Cc1oc(-c2ccco2)nc1CC(=O)NCCC1CCCNC1. The fourth-order valence-electron chi connectivity index (χ4n) is 2.90. The van der Waals surface area contributed by atoms with Crippen molar-refractivity contribution >= 4 is 5.91 Å². The van der Waals surface area contributed by atoms with Crippen LogP contribution in [0, 0.1) is 12.8 Å². The van der Waals surface area contributed by atoms with Crippen molar-refractivity contribution in [2.45, 2.75) is 32.6 Å². The van der Waals surface area contributed by atoms with E-state index in [4.69, 9.17) is 8.83 Å². The van der Waals surface area contributed by atoms with Crippen LogP contribution in [0.4, 0.5) is 0 Å². The summed E-state index contributed by atoms with van der Waals surface area (Å²) in [5.41, 5.74) is 0.660. The predicted octanol–water partition coefficient (Wildman–Crippen LogP) is 2.29. The molecule has 0 saturated carbocycles. The van der Waals surface area contributed by atoms with Gasteiger partial charge < -0.3 is 19.5 Å². The van der Waals surface area contributed by atoms with Crippen LogP contribution in [0.5, 0.6) is 0 Å². The van der Waals surface area contributed by atoms with Gasteiger partial charge in [0, 0.05) is 6.54 Å². The van der Waals surface area contributed by atoms with Gasteiger partial charge in [-0.05, 0) is 57.3 Å². The number of piperidine rings is 1. The number of carbonyl (C=O) groups is 1. The number of oxazole rings is 1. The lowest BCUT2D eigenvalue weighted by Crippen LogP contribution is -2.33. The topological polar surface area (TPSA) is 80.3 Å². The molecule has 1 saturated heterocycles. The molecule has 0 bridgehead atoms. The first kappa shape index (κ1) is 15.8. The summed E-state index contributed by atoms with van der Waals surface area (Å²) in [5, 5.41) is 6.37. The average molecular weight is 317 g/mol. The van der Waals surface area contributed by atoms with Crippen molar-refractivity contribution in [1.29, 1.82) is 0 Å². The van der Waals surface area contributed by atoms with Crippen molar-refractivity contribution in [3.63, 3.8) is 0 Å². The lowest BCUT2D eigenvalue weighted by Gasteiger charge is -2.22. The molecule has 1 unspecified atom stereocenters. The largest absolute Gasteiger partial charge is 0.459 e. The second-order valence-electron chi connectivity index (χ2n) is 6.03. The molecule has 0 radical (unpaired) electrons. The summed E-state index contributed by atoms with van der Waals surface area (Å²) >= 11 is 0. The summed E-state index contributed by atoms with van der Waals surface area (Å²) in [4.78, 5) is 16.4. The molecule has 1 aliphatic rings. The molecular formula is C17H23N3O3. The summed E-state index contributed by atoms with van der Waals surface area (Å²) in [6.45, 7) is 4.71. The van der Waals surface area contributed by atoms with Gasteiger partial charge in [0.25, 0.3) is 5.89 Å². The van der Waals surface area contributed by atoms with Gasteiger partial charge in [0.2, 0.25) is 5.91 Å². The highest BCUT2D eigenvalue weighted by Gasteiger charge is 2.17. The molecule has 23 heavy (non-hydrogen) atoms. The minimum Gasteiger partial charge on any atom is -0.459 e. The van der Waals surface area contributed by atoms with Gasteiger partial charge >= 0.3 is 0 Å². The third-order valence-corrected chi connectivity index (χ3v) is 4.23. The number of nitrogens with one attached hydrogen (secondary N) is 2. The maximum atomic E-state index is 12.1. The summed E-state index contributed by atoms with van der Waals surface area (Å²) < 4.78 is 10.8. The first-order valence-electron chi connectivity index (χ1n) is 8.20. The normalized spacial score (nSPS) is 18.0. The number of carbonyl (C=O) groups excluding carboxylic acids is 1. The first-order valence-corrected chi connectivity index (χ1v) is 8.20. The van der Waals surface area contributed by atoms with E-state index >= 15 is 0 Å². The minimum atomic E-state index is -0.0174. The molecule has 2 aromatic rings. The van der Waals surface area contributed by atoms with E-state index in [-0.39, 0.29) is 12.3 Å². The molecule has 1 fully saturated rings. The molecule has 2 aromatic heterocycles. The quantitative estimate of drug-likeness (QED) is 0.854. The first-order chi connectivity index (χ1) is 11.2. The van der Waals surface area contributed by atoms with Gasteiger partial charge in [-0.2, -0.15) is 0 Å². The Morgan fingerprint density at radius 2 is 2.43 bits per heavy atom. The Hall–Kier alpha value is -2.08. The molecule has 0 aliphatic carbocycles. The zero-order valence-electron chi connectivity index (χ0n) is 13.4. The van der Waals surface area contributed by atoms with Crippen molar-refractivity contribution in [3.8, 4) is 11.7 Å². The molecule has 1 aliphatic heterocycles. The molecule has 3 heterocycles. The number of hydrogen-bond acceptors (Lipinski definition) is 5. The number of hydrogen-bond donors (Lipinski definition) is 2. The van der Waals surface area contributed by atoms with Crippen LogP contribution in [0.3, 0.4) is 0 Å². The Morgan fingerprint density at radius 3 is 3.17 bits per heavy atom. The lowest BCUT2D eigenvalue weighted by atomic mass is 9.96. The maximum Gasteiger partial charge on any atom is 0.263 e. The third kappa shape index (κ3) is 4.22. The molecule has 6 nitrogen and oxygen atoms in total. The van der Waals surface area contributed by atoms with E-state index in [0.717, 1.165) is 19.5 Å². The summed E-state index contributed by atoms with van der Waals surface area (Å²) in [6, 6.07) is 3.56. The van der Waals surface area contributed by atoms with Gasteiger partial charge in [-0.1, -0.05) is 0 Å². The number of rotatable bonds is 6. The number of furan rings is 1.